The second-order valence-electron chi connectivity index (χ2n) is 5.00. The van der Waals surface area contributed by atoms with Gasteiger partial charge in [-0.25, -0.2) is 4.79 Å². The molecule has 0 aromatic rings. The summed E-state index contributed by atoms with van der Waals surface area (Å²) in [5.41, 5.74) is 0. The number of alkyl halides is 2. The second kappa shape index (κ2) is 11.2. The molecule has 0 aliphatic rings. The summed E-state index contributed by atoms with van der Waals surface area (Å²) in [5.74, 6) is -4.69. The minimum atomic E-state index is -3.31. The molecule has 0 bridgehead atoms. The molecule has 0 amide bonds. The third-order valence-corrected chi connectivity index (χ3v) is 3.17. The van der Waals surface area contributed by atoms with Crippen LogP contribution in [0, 0.1) is 0 Å². The molecule has 0 radical (unpaired) electrons. The Balaban J connectivity index is 3.45. The highest BCUT2D eigenvalue weighted by atomic mass is 19.3. The fourth-order valence-electron chi connectivity index (χ4n) is 2.00. The predicted molar refractivity (Wildman–Crippen MR) is 73.4 cm³/mol. The Hall–Kier alpha value is -0.670. The van der Waals surface area contributed by atoms with Gasteiger partial charge in [0.25, 0.3) is 0 Å². The molecule has 0 spiro atoms. The lowest BCUT2D eigenvalue weighted by Gasteiger charge is -2.14. The molecule has 2 nitrogen and oxygen atoms in total. The maximum Gasteiger partial charge on any atom is 0.376 e. The molecule has 0 aliphatic carbocycles. The van der Waals surface area contributed by atoms with Gasteiger partial charge < -0.3 is 4.74 Å². The van der Waals surface area contributed by atoms with E-state index in [1.54, 1.807) is 0 Å². The molecule has 0 N–H and O–H groups in total. The number of hydrogen-bond acceptors (Lipinski definition) is 2. The normalized spacial score (nSPS) is 11.6. The van der Waals surface area contributed by atoms with Gasteiger partial charge in [-0.15, -0.1) is 0 Å². The van der Waals surface area contributed by atoms with Gasteiger partial charge in [0.05, 0.1) is 6.61 Å². The fourth-order valence-corrected chi connectivity index (χ4v) is 2.00. The molecule has 0 aromatic carbocycles. The maximum absolute atomic E-state index is 13.2. The van der Waals surface area contributed by atoms with Crippen LogP contribution in [0.5, 0.6) is 0 Å². The summed E-state index contributed by atoms with van der Waals surface area (Å²) in [5, 5.41) is 0. The van der Waals surface area contributed by atoms with E-state index in [0.717, 1.165) is 19.3 Å². The van der Waals surface area contributed by atoms with Crippen LogP contribution in [0.1, 0.15) is 78.1 Å². The van der Waals surface area contributed by atoms with Crippen LogP contribution in [0.3, 0.4) is 0 Å². The molecule has 0 fully saturated rings. The molecular formula is C15H28F2O2. The van der Waals surface area contributed by atoms with Gasteiger partial charge in [0, 0.05) is 6.42 Å². The van der Waals surface area contributed by atoms with Crippen molar-refractivity contribution in [3.63, 3.8) is 0 Å². The van der Waals surface area contributed by atoms with Crippen molar-refractivity contribution in [2.24, 2.45) is 0 Å². The number of unbranched alkanes of at least 4 members (excludes halogenated alkanes) is 8. The molecule has 0 aromatic heterocycles. The summed E-state index contributed by atoms with van der Waals surface area (Å²) in [6.45, 7) is 3.72. The van der Waals surface area contributed by atoms with Crippen molar-refractivity contribution in [2.75, 3.05) is 6.61 Å². The van der Waals surface area contributed by atoms with E-state index in [4.69, 9.17) is 0 Å². The van der Waals surface area contributed by atoms with Gasteiger partial charge in [0.15, 0.2) is 0 Å². The number of ether oxygens (including phenoxy) is 1. The standard InChI is InChI=1S/C15H28F2O2/c1-3-5-6-7-8-9-10-11-12-13-15(16,17)14(18)19-4-2/h3-13H2,1-2H3. The Morgan fingerprint density at radius 3 is 1.84 bits per heavy atom. The first-order chi connectivity index (χ1) is 9.04. The van der Waals surface area contributed by atoms with Crippen molar-refractivity contribution < 1.29 is 18.3 Å². The first-order valence-corrected chi connectivity index (χ1v) is 7.59. The summed E-state index contributed by atoms with van der Waals surface area (Å²) in [6.07, 6.45) is 9.08. The molecule has 0 atom stereocenters. The Labute approximate surface area is 115 Å². The summed E-state index contributed by atoms with van der Waals surface area (Å²) < 4.78 is 30.8. The van der Waals surface area contributed by atoms with Crippen LogP contribution in [0.25, 0.3) is 0 Å². The highest BCUT2D eigenvalue weighted by Crippen LogP contribution is 2.24. The van der Waals surface area contributed by atoms with Crippen LogP contribution in [0.2, 0.25) is 0 Å². The van der Waals surface area contributed by atoms with Crippen LogP contribution < -0.4 is 0 Å². The summed E-state index contributed by atoms with van der Waals surface area (Å²) in [6, 6.07) is 0. The van der Waals surface area contributed by atoms with Crippen molar-refractivity contribution in [3.05, 3.63) is 0 Å². The Bertz CT molecular complexity index is 230. The number of hydrogen-bond donors (Lipinski definition) is 0. The lowest BCUT2D eigenvalue weighted by Crippen LogP contribution is -2.30. The van der Waals surface area contributed by atoms with Crippen LogP contribution in [-0.4, -0.2) is 18.5 Å². The first-order valence-electron chi connectivity index (χ1n) is 7.59. The number of carbonyl (C=O) groups is 1. The average Bonchev–Trinajstić information content (AvgIpc) is 2.37. The van der Waals surface area contributed by atoms with Crippen molar-refractivity contribution in [1.82, 2.24) is 0 Å². The maximum atomic E-state index is 13.2. The van der Waals surface area contributed by atoms with Crippen molar-refractivity contribution in [1.29, 1.82) is 0 Å². The molecule has 0 saturated heterocycles. The predicted octanol–water partition coefficient (Wildman–Crippen LogP) is 5.11. The van der Waals surface area contributed by atoms with Gasteiger partial charge in [-0.05, 0) is 13.3 Å². The van der Waals surface area contributed by atoms with Crippen LogP contribution in [0.15, 0.2) is 0 Å². The van der Waals surface area contributed by atoms with Gasteiger partial charge in [-0.3, -0.25) is 0 Å². The second-order valence-corrected chi connectivity index (χ2v) is 5.00. The quantitative estimate of drug-likeness (QED) is 0.366. The Morgan fingerprint density at radius 2 is 1.37 bits per heavy atom. The van der Waals surface area contributed by atoms with Gasteiger partial charge in [0.2, 0.25) is 0 Å². The highest BCUT2D eigenvalue weighted by Gasteiger charge is 2.39. The third kappa shape index (κ3) is 9.85. The molecule has 19 heavy (non-hydrogen) atoms. The largest absolute Gasteiger partial charge is 0.462 e. The smallest absolute Gasteiger partial charge is 0.376 e. The Morgan fingerprint density at radius 1 is 0.895 bits per heavy atom. The molecule has 4 heteroatoms. The van der Waals surface area contributed by atoms with Gasteiger partial charge in [-0.1, -0.05) is 58.3 Å². The minimum absolute atomic E-state index is 0.00613. The van der Waals surface area contributed by atoms with E-state index in [9.17, 15) is 13.6 Å². The molecule has 0 rings (SSSR count). The van der Waals surface area contributed by atoms with E-state index in [-0.39, 0.29) is 13.0 Å². The first kappa shape index (κ1) is 18.3. The number of halogens is 2. The highest BCUT2D eigenvalue weighted by molar-refractivity contribution is 5.77. The molecule has 0 saturated carbocycles. The fraction of sp³-hybridized carbons (Fsp3) is 0.933. The van der Waals surface area contributed by atoms with E-state index in [1.807, 2.05) is 0 Å². The number of esters is 1. The van der Waals surface area contributed by atoms with E-state index < -0.39 is 11.9 Å². The Kier molecular flexibility index (Phi) is 10.8. The van der Waals surface area contributed by atoms with Crippen molar-refractivity contribution in [2.45, 2.75) is 84.0 Å². The molecular weight excluding hydrogens is 250 g/mol. The topological polar surface area (TPSA) is 26.3 Å². The van der Waals surface area contributed by atoms with E-state index in [0.29, 0.717) is 6.42 Å². The van der Waals surface area contributed by atoms with Crippen LogP contribution in [0.4, 0.5) is 8.78 Å². The van der Waals surface area contributed by atoms with Crippen molar-refractivity contribution >= 4 is 5.97 Å². The summed E-state index contributed by atoms with van der Waals surface area (Å²) >= 11 is 0. The van der Waals surface area contributed by atoms with Crippen molar-refractivity contribution in [3.8, 4) is 0 Å². The van der Waals surface area contributed by atoms with Crippen LogP contribution in [-0.2, 0) is 9.53 Å². The molecule has 0 aliphatic heterocycles. The zero-order valence-electron chi connectivity index (χ0n) is 12.4. The number of rotatable bonds is 12. The zero-order valence-corrected chi connectivity index (χ0v) is 12.4. The third-order valence-electron chi connectivity index (χ3n) is 3.17. The molecule has 114 valence electrons. The van der Waals surface area contributed by atoms with E-state index in [2.05, 4.69) is 11.7 Å². The summed E-state index contributed by atoms with van der Waals surface area (Å²) in [7, 11) is 0. The van der Waals surface area contributed by atoms with E-state index >= 15 is 0 Å². The average molecular weight is 278 g/mol. The molecule has 0 unspecified atom stereocenters. The number of carbonyl (C=O) groups excluding carboxylic acids is 1. The van der Waals surface area contributed by atoms with Gasteiger partial charge in [0.1, 0.15) is 0 Å². The zero-order chi connectivity index (χ0) is 14.6. The lowest BCUT2D eigenvalue weighted by molar-refractivity contribution is -0.172. The minimum Gasteiger partial charge on any atom is -0.462 e. The monoisotopic (exact) mass is 278 g/mol. The SMILES string of the molecule is CCCCCCCCCCCC(F)(F)C(=O)OCC. The van der Waals surface area contributed by atoms with Gasteiger partial charge in [-0.2, -0.15) is 8.78 Å². The molecule has 0 heterocycles. The van der Waals surface area contributed by atoms with Gasteiger partial charge >= 0.3 is 11.9 Å². The lowest BCUT2D eigenvalue weighted by atomic mass is 10.0. The van der Waals surface area contributed by atoms with Crippen LogP contribution >= 0.6 is 0 Å². The van der Waals surface area contributed by atoms with E-state index in [1.165, 1.54) is 39.0 Å². The summed E-state index contributed by atoms with van der Waals surface area (Å²) in [4.78, 5) is 11.0.